The Balaban J connectivity index is 1.75. The van der Waals surface area contributed by atoms with Crippen LogP contribution in [0.5, 0.6) is 0 Å². The number of pyridine rings is 1. The fourth-order valence-electron chi connectivity index (χ4n) is 2.65. The fourth-order valence-corrected chi connectivity index (χ4v) is 3.25. The van der Waals surface area contributed by atoms with E-state index in [4.69, 9.17) is 17.3 Å². The lowest BCUT2D eigenvalue weighted by Gasteiger charge is -2.16. The van der Waals surface area contributed by atoms with E-state index in [0.29, 0.717) is 11.4 Å². The molecule has 5 nitrogen and oxygen atoms in total. The van der Waals surface area contributed by atoms with Gasteiger partial charge in [0.05, 0.1) is 6.67 Å². The van der Waals surface area contributed by atoms with Crippen LogP contribution in [0.15, 0.2) is 53.7 Å². The van der Waals surface area contributed by atoms with Crippen molar-refractivity contribution < 1.29 is 0 Å². The van der Waals surface area contributed by atoms with Crippen LogP contribution < -0.4 is 0 Å². The average Bonchev–Trinajstić information content (AvgIpc) is 2.91. The van der Waals surface area contributed by atoms with Gasteiger partial charge in [0.1, 0.15) is 0 Å². The molecule has 0 bridgehead atoms. The number of hydrogen-bond acceptors (Lipinski definition) is 5. The minimum atomic E-state index is 0.641. The number of nitrogens with zero attached hydrogens (tertiary/aromatic N) is 5. The Kier molecular flexibility index (Phi) is 5.67. The molecule has 0 fully saturated rings. The summed E-state index contributed by atoms with van der Waals surface area (Å²) in [5, 5.41) is 4.69. The Morgan fingerprint density at radius 1 is 1.12 bits per heavy atom. The van der Waals surface area contributed by atoms with E-state index < -0.39 is 0 Å². The van der Waals surface area contributed by atoms with E-state index in [1.165, 1.54) is 10.5 Å². The molecule has 0 atom stereocenters. The molecular weight excluding hydrogens is 350 g/mol. The standard InChI is InChI=1S/C18H21N5S2/c1-21(12-14-4-6-16(25-3)7-5-14)13-23-18(24)22(2)17(20-23)15-8-10-19-11-9-15/h4-11H,12-13H2,1-3H3. The second-order valence-electron chi connectivity index (χ2n) is 5.90. The molecule has 0 aliphatic carbocycles. The summed E-state index contributed by atoms with van der Waals surface area (Å²) in [6, 6.07) is 12.5. The second kappa shape index (κ2) is 7.95. The van der Waals surface area contributed by atoms with Crippen LogP contribution in [0.3, 0.4) is 0 Å². The predicted molar refractivity (Wildman–Crippen MR) is 105 cm³/mol. The van der Waals surface area contributed by atoms with Crippen molar-refractivity contribution in [2.75, 3.05) is 13.3 Å². The van der Waals surface area contributed by atoms with E-state index in [1.807, 2.05) is 28.4 Å². The zero-order valence-electron chi connectivity index (χ0n) is 14.6. The van der Waals surface area contributed by atoms with Crippen molar-refractivity contribution in [1.29, 1.82) is 0 Å². The second-order valence-corrected chi connectivity index (χ2v) is 7.15. The SMILES string of the molecule is CSc1ccc(CN(C)Cn2nc(-c3ccncc3)n(C)c2=S)cc1. The molecule has 0 aliphatic heterocycles. The van der Waals surface area contributed by atoms with Gasteiger partial charge < -0.3 is 4.57 Å². The van der Waals surface area contributed by atoms with Crippen LogP contribution in [-0.4, -0.2) is 37.5 Å². The van der Waals surface area contributed by atoms with Gasteiger partial charge in [-0.1, -0.05) is 12.1 Å². The molecule has 0 saturated heterocycles. The number of hydrogen-bond donors (Lipinski definition) is 0. The maximum Gasteiger partial charge on any atom is 0.199 e. The molecule has 0 unspecified atom stereocenters. The molecule has 0 amide bonds. The fraction of sp³-hybridized carbons (Fsp3) is 0.278. The molecule has 2 heterocycles. The van der Waals surface area contributed by atoms with Crippen molar-refractivity contribution in [2.24, 2.45) is 7.05 Å². The average molecular weight is 372 g/mol. The van der Waals surface area contributed by atoms with E-state index in [0.717, 1.165) is 17.9 Å². The molecule has 0 saturated carbocycles. The third-order valence-electron chi connectivity index (χ3n) is 3.97. The van der Waals surface area contributed by atoms with E-state index in [9.17, 15) is 0 Å². The number of benzene rings is 1. The molecular formula is C18H21N5S2. The smallest absolute Gasteiger partial charge is 0.199 e. The largest absolute Gasteiger partial charge is 0.303 e. The first-order valence-electron chi connectivity index (χ1n) is 7.94. The van der Waals surface area contributed by atoms with Crippen LogP contribution in [0.4, 0.5) is 0 Å². The zero-order chi connectivity index (χ0) is 17.8. The molecule has 2 aromatic heterocycles. The van der Waals surface area contributed by atoms with Gasteiger partial charge in [0.15, 0.2) is 10.6 Å². The van der Waals surface area contributed by atoms with Crippen molar-refractivity contribution in [3.8, 4) is 11.4 Å². The highest BCUT2D eigenvalue weighted by molar-refractivity contribution is 7.98. The van der Waals surface area contributed by atoms with Gasteiger partial charge in [-0.3, -0.25) is 9.88 Å². The first-order valence-corrected chi connectivity index (χ1v) is 9.57. The minimum absolute atomic E-state index is 0.641. The van der Waals surface area contributed by atoms with Gasteiger partial charge in [0.25, 0.3) is 0 Å². The zero-order valence-corrected chi connectivity index (χ0v) is 16.2. The van der Waals surface area contributed by atoms with Gasteiger partial charge in [-0.05, 0) is 55.4 Å². The van der Waals surface area contributed by atoms with Crippen LogP contribution >= 0.6 is 24.0 Å². The summed E-state index contributed by atoms with van der Waals surface area (Å²) in [5.74, 6) is 0.852. The van der Waals surface area contributed by atoms with Gasteiger partial charge in [-0.25, -0.2) is 4.68 Å². The molecule has 7 heteroatoms. The monoisotopic (exact) mass is 371 g/mol. The molecule has 3 aromatic rings. The van der Waals surface area contributed by atoms with Crippen molar-refractivity contribution >= 4 is 24.0 Å². The highest BCUT2D eigenvalue weighted by Gasteiger charge is 2.11. The van der Waals surface area contributed by atoms with Crippen molar-refractivity contribution in [3.63, 3.8) is 0 Å². The van der Waals surface area contributed by atoms with Crippen molar-refractivity contribution in [1.82, 2.24) is 24.2 Å². The normalized spacial score (nSPS) is 11.2. The highest BCUT2D eigenvalue weighted by Crippen LogP contribution is 2.17. The summed E-state index contributed by atoms with van der Waals surface area (Å²) >= 11 is 7.30. The van der Waals surface area contributed by atoms with Crippen LogP contribution in [0.1, 0.15) is 5.56 Å². The molecule has 25 heavy (non-hydrogen) atoms. The lowest BCUT2D eigenvalue weighted by Crippen LogP contribution is -2.22. The number of aromatic nitrogens is 4. The quantitative estimate of drug-likeness (QED) is 0.486. The van der Waals surface area contributed by atoms with Gasteiger partial charge in [-0.2, -0.15) is 5.10 Å². The summed E-state index contributed by atoms with van der Waals surface area (Å²) in [6.45, 7) is 1.49. The lowest BCUT2D eigenvalue weighted by atomic mass is 10.2. The van der Waals surface area contributed by atoms with Gasteiger partial charge in [0.2, 0.25) is 0 Å². The van der Waals surface area contributed by atoms with Crippen molar-refractivity contribution in [2.45, 2.75) is 18.1 Å². The third kappa shape index (κ3) is 4.18. The van der Waals surface area contributed by atoms with Crippen LogP contribution in [0.2, 0.25) is 0 Å². The summed E-state index contributed by atoms with van der Waals surface area (Å²) in [6.07, 6.45) is 5.62. The Morgan fingerprint density at radius 3 is 2.44 bits per heavy atom. The summed E-state index contributed by atoms with van der Waals surface area (Å²) in [7, 11) is 4.02. The van der Waals surface area contributed by atoms with Gasteiger partial charge >= 0.3 is 0 Å². The first-order chi connectivity index (χ1) is 12.1. The van der Waals surface area contributed by atoms with Crippen LogP contribution in [0.25, 0.3) is 11.4 Å². The third-order valence-corrected chi connectivity index (χ3v) is 5.19. The van der Waals surface area contributed by atoms with Crippen LogP contribution in [0, 0.1) is 4.77 Å². The predicted octanol–water partition coefficient (Wildman–Crippen LogP) is 3.82. The van der Waals surface area contributed by atoms with E-state index in [-0.39, 0.29) is 0 Å². The minimum Gasteiger partial charge on any atom is -0.303 e. The van der Waals surface area contributed by atoms with E-state index >= 15 is 0 Å². The Labute approximate surface area is 157 Å². The Bertz CT molecular complexity index is 884. The number of rotatable bonds is 6. The maximum atomic E-state index is 5.55. The summed E-state index contributed by atoms with van der Waals surface area (Å²) in [4.78, 5) is 7.54. The summed E-state index contributed by atoms with van der Waals surface area (Å²) < 4.78 is 4.50. The molecule has 0 aliphatic rings. The molecule has 3 rings (SSSR count). The summed E-state index contributed by atoms with van der Waals surface area (Å²) in [5.41, 5.74) is 2.29. The molecule has 0 N–H and O–H groups in total. The topological polar surface area (TPSA) is 38.9 Å². The lowest BCUT2D eigenvalue weighted by molar-refractivity contribution is 0.244. The van der Waals surface area contributed by atoms with Crippen LogP contribution in [-0.2, 0) is 20.3 Å². The Morgan fingerprint density at radius 2 is 1.80 bits per heavy atom. The molecule has 130 valence electrons. The van der Waals surface area contributed by atoms with Crippen molar-refractivity contribution in [3.05, 3.63) is 59.1 Å². The number of thioether (sulfide) groups is 1. The highest BCUT2D eigenvalue weighted by atomic mass is 32.2. The Hall–Kier alpha value is -1.96. The molecule has 0 radical (unpaired) electrons. The van der Waals surface area contributed by atoms with Gasteiger partial charge in [-0.15, -0.1) is 11.8 Å². The molecule has 1 aromatic carbocycles. The van der Waals surface area contributed by atoms with E-state index in [2.05, 4.69) is 47.5 Å². The molecule has 0 spiro atoms. The van der Waals surface area contributed by atoms with Gasteiger partial charge in [0, 0.05) is 36.4 Å². The van der Waals surface area contributed by atoms with E-state index in [1.54, 1.807) is 24.2 Å². The first kappa shape index (κ1) is 17.8. The maximum absolute atomic E-state index is 5.55.